The van der Waals surface area contributed by atoms with Gasteiger partial charge in [-0.3, -0.25) is 4.79 Å². The molecule has 0 amide bonds. The molecule has 0 rings (SSSR count). The third-order valence-electron chi connectivity index (χ3n) is 3.99. The van der Waals surface area contributed by atoms with E-state index in [4.69, 9.17) is 9.47 Å². The maximum Gasteiger partial charge on any atom is 0.305 e. The highest BCUT2D eigenvalue weighted by Crippen LogP contribution is 2.10. The Balaban J connectivity index is 3.13. The number of unbranched alkanes of at least 4 members (excludes halogenated alkanes) is 9. The first kappa shape index (κ1) is 23.8. The molecule has 0 aliphatic rings. The monoisotopic (exact) mass is 360 g/mol. The quantitative estimate of drug-likeness (QED) is 0.209. The van der Waals surface area contributed by atoms with Crippen molar-refractivity contribution in [3.63, 3.8) is 0 Å². The van der Waals surface area contributed by atoms with E-state index in [1.165, 1.54) is 63.5 Å². The van der Waals surface area contributed by atoms with Gasteiger partial charge in [0.25, 0.3) is 0 Å². The zero-order valence-corrected chi connectivity index (χ0v) is 17.0. The molecule has 0 aromatic carbocycles. The van der Waals surface area contributed by atoms with Gasteiger partial charge in [-0.25, -0.2) is 0 Å². The fourth-order valence-electron chi connectivity index (χ4n) is 2.43. The van der Waals surface area contributed by atoms with Gasteiger partial charge in [0, 0.05) is 12.2 Å². The fraction of sp³-hybridized carbons (Fsp3) is 0.950. The van der Waals surface area contributed by atoms with E-state index in [0.717, 1.165) is 25.2 Å². The summed E-state index contributed by atoms with van der Waals surface area (Å²) in [7, 11) is 0. The van der Waals surface area contributed by atoms with E-state index in [-0.39, 0.29) is 5.97 Å². The van der Waals surface area contributed by atoms with Crippen LogP contribution in [0.25, 0.3) is 0 Å². The normalized spacial score (nSPS) is 10.9. The minimum atomic E-state index is -0.0705. The standard InChI is InChI=1S/C20H40O3S/c1-3-5-7-8-9-10-11-12-13-14-20(21)23-16-15-22-17-19-24-18-6-4-2/h3-19H2,1-2H3. The van der Waals surface area contributed by atoms with E-state index in [0.29, 0.717) is 19.6 Å². The molecule has 0 saturated carbocycles. The number of esters is 1. The summed E-state index contributed by atoms with van der Waals surface area (Å²) in [6.45, 7) is 6.14. The van der Waals surface area contributed by atoms with E-state index < -0.39 is 0 Å². The topological polar surface area (TPSA) is 35.5 Å². The lowest BCUT2D eigenvalue weighted by molar-refractivity contribution is -0.145. The molecular weight excluding hydrogens is 320 g/mol. The highest BCUT2D eigenvalue weighted by atomic mass is 32.2. The molecule has 144 valence electrons. The van der Waals surface area contributed by atoms with Crippen molar-refractivity contribution in [1.29, 1.82) is 0 Å². The molecule has 3 nitrogen and oxygen atoms in total. The summed E-state index contributed by atoms with van der Waals surface area (Å²) >= 11 is 1.93. The zero-order chi connectivity index (χ0) is 17.7. The summed E-state index contributed by atoms with van der Waals surface area (Å²) < 4.78 is 10.7. The zero-order valence-electron chi connectivity index (χ0n) is 16.2. The highest BCUT2D eigenvalue weighted by molar-refractivity contribution is 7.99. The molecule has 0 heterocycles. The molecule has 0 bridgehead atoms. The highest BCUT2D eigenvalue weighted by Gasteiger charge is 2.02. The van der Waals surface area contributed by atoms with Crippen molar-refractivity contribution in [2.75, 3.05) is 31.3 Å². The van der Waals surface area contributed by atoms with E-state index in [1.54, 1.807) is 0 Å². The van der Waals surface area contributed by atoms with Crippen LogP contribution in [-0.2, 0) is 14.3 Å². The van der Waals surface area contributed by atoms with E-state index >= 15 is 0 Å². The maximum atomic E-state index is 11.6. The first-order chi connectivity index (χ1) is 11.8. The number of hydrogen-bond acceptors (Lipinski definition) is 4. The summed E-state index contributed by atoms with van der Waals surface area (Å²) in [5.74, 6) is 2.18. The van der Waals surface area contributed by atoms with Crippen molar-refractivity contribution < 1.29 is 14.3 Å². The second-order valence-electron chi connectivity index (χ2n) is 6.38. The van der Waals surface area contributed by atoms with Gasteiger partial charge in [-0.2, -0.15) is 11.8 Å². The third-order valence-corrected chi connectivity index (χ3v) is 5.02. The Morgan fingerprint density at radius 1 is 0.708 bits per heavy atom. The second-order valence-corrected chi connectivity index (χ2v) is 7.60. The van der Waals surface area contributed by atoms with Gasteiger partial charge in [-0.15, -0.1) is 0 Å². The minimum absolute atomic E-state index is 0.0705. The fourth-order valence-corrected chi connectivity index (χ4v) is 3.37. The molecule has 0 saturated heterocycles. The lowest BCUT2D eigenvalue weighted by Crippen LogP contribution is -2.11. The molecule has 0 aliphatic heterocycles. The molecule has 4 heteroatoms. The van der Waals surface area contributed by atoms with Crippen LogP contribution in [0.3, 0.4) is 0 Å². The molecule has 0 radical (unpaired) electrons. The SMILES string of the molecule is CCCCCCCCCCCC(=O)OCCOCCSCCCC. The first-order valence-corrected chi connectivity index (χ1v) is 11.3. The Labute approximate surface area is 154 Å². The molecular formula is C20H40O3S. The van der Waals surface area contributed by atoms with Crippen LogP contribution in [0.5, 0.6) is 0 Å². The van der Waals surface area contributed by atoms with Crippen LogP contribution in [0.1, 0.15) is 90.9 Å². The van der Waals surface area contributed by atoms with Crippen LogP contribution < -0.4 is 0 Å². The van der Waals surface area contributed by atoms with Gasteiger partial charge in [-0.1, -0.05) is 71.6 Å². The molecule has 0 fully saturated rings. The van der Waals surface area contributed by atoms with Gasteiger partial charge < -0.3 is 9.47 Å². The van der Waals surface area contributed by atoms with Crippen LogP contribution in [0.15, 0.2) is 0 Å². The van der Waals surface area contributed by atoms with E-state index in [9.17, 15) is 4.79 Å². The molecule has 0 aliphatic carbocycles. The Hall–Kier alpha value is -0.220. The van der Waals surface area contributed by atoms with Gasteiger partial charge in [0.15, 0.2) is 0 Å². The Kier molecular flexibility index (Phi) is 20.6. The van der Waals surface area contributed by atoms with Crippen LogP contribution in [-0.4, -0.2) is 37.3 Å². The number of hydrogen-bond donors (Lipinski definition) is 0. The van der Waals surface area contributed by atoms with Gasteiger partial charge in [0.05, 0.1) is 13.2 Å². The molecule has 0 aromatic heterocycles. The van der Waals surface area contributed by atoms with Gasteiger partial charge in [0.1, 0.15) is 6.61 Å². The van der Waals surface area contributed by atoms with Crippen molar-refractivity contribution in [3.8, 4) is 0 Å². The summed E-state index contributed by atoms with van der Waals surface area (Å²) in [4.78, 5) is 11.6. The van der Waals surface area contributed by atoms with Crippen LogP contribution in [0.4, 0.5) is 0 Å². The molecule has 0 spiro atoms. The molecule has 24 heavy (non-hydrogen) atoms. The average molecular weight is 361 g/mol. The van der Waals surface area contributed by atoms with Crippen molar-refractivity contribution in [2.24, 2.45) is 0 Å². The van der Waals surface area contributed by atoms with Crippen molar-refractivity contribution in [3.05, 3.63) is 0 Å². The van der Waals surface area contributed by atoms with Crippen LogP contribution in [0, 0.1) is 0 Å². The van der Waals surface area contributed by atoms with E-state index in [2.05, 4.69) is 13.8 Å². The Morgan fingerprint density at radius 2 is 1.33 bits per heavy atom. The van der Waals surface area contributed by atoms with Crippen molar-refractivity contribution >= 4 is 17.7 Å². The lowest BCUT2D eigenvalue weighted by Gasteiger charge is -2.06. The lowest BCUT2D eigenvalue weighted by atomic mass is 10.1. The molecule has 0 aromatic rings. The Morgan fingerprint density at radius 3 is 2.00 bits per heavy atom. The largest absolute Gasteiger partial charge is 0.463 e. The third kappa shape index (κ3) is 19.8. The van der Waals surface area contributed by atoms with Gasteiger partial charge in [0.2, 0.25) is 0 Å². The van der Waals surface area contributed by atoms with Gasteiger partial charge >= 0.3 is 5.97 Å². The summed E-state index contributed by atoms with van der Waals surface area (Å²) in [6.07, 6.45) is 14.5. The maximum absolute atomic E-state index is 11.6. The molecule has 0 N–H and O–H groups in total. The molecule has 0 unspecified atom stereocenters. The number of carbonyl (C=O) groups is 1. The Bertz CT molecular complexity index is 235. The van der Waals surface area contributed by atoms with Crippen LogP contribution >= 0.6 is 11.8 Å². The number of thioether (sulfide) groups is 1. The predicted octanol–water partition coefficient (Wildman–Crippen LogP) is 6.00. The number of rotatable bonds is 19. The summed E-state index contributed by atoms with van der Waals surface area (Å²) in [6, 6.07) is 0. The second kappa shape index (κ2) is 20.8. The summed E-state index contributed by atoms with van der Waals surface area (Å²) in [5.41, 5.74) is 0. The van der Waals surface area contributed by atoms with E-state index in [1.807, 2.05) is 11.8 Å². The average Bonchev–Trinajstić information content (AvgIpc) is 2.59. The predicted molar refractivity (Wildman–Crippen MR) is 106 cm³/mol. The van der Waals surface area contributed by atoms with Gasteiger partial charge in [-0.05, 0) is 18.6 Å². The molecule has 0 atom stereocenters. The minimum Gasteiger partial charge on any atom is -0.463 e. The summed E-state index contributed by atoms with van der Waals surface area (Å²) in [5, 5.41) is 0. The smallest absolute Gasteiger partial charge is 0.305 e. The number of ether oxygens (including phenoxy) is 2. The van der Waals surface area contributed by atoms with Crippen molar-refractivity contribution in [2.45, 2.75) is 90.9 Å². The first-order valence-electron chi connectivity index (χ1n) is 10.1. The van der Waals surface area contributed by atoms with Crippen molar-refractivity contribution in [1.82, 2.24) is 0 Å². The number of carbonyl (C=O) groups excluding carboxylic acids is 1. The van der Waals surface area contributed by atoms with Crippen LogP contribution in [0.2, 0.25) is 0 Å².